The van der Waals surface area contributed by atoms with Crippen LogP contribution in [0, 0.1) is 5.92 Å². The second kappa shape index (κ2) is 8.02. The van der Waals surface area contributed by atoms with Crippen molar-refractivity contribution in [2.24, 2.45) is 11.7 Å². The molecule has 0 spiro atoms. The molecule has 2 amide bonds. The first-order chi connectivity index (χ1) is 12.6. The van der Waals surface area contributed by atoms with Crippen LogP contribution in [0.4, 0.5) is 4.79 Å². The van der Waals surface area contributed by atoms with Crippen LogP contribution in [0.15, 0.2) is 23.9 Å². The number of methoxy groups -OCH3 is 1. The Morgan fingerprint density at radius 3 is 2.33 bits per heavy atom. The summed E-state index contributed by atoms with van der Waals surface area (Å²) in [4.78, 5) is 37.6. The fourth-order valence-electron chi connectivity index (χ4n) is 3.15. The second-order valence-corrected chi connectivity index (χ2v) is 7.92. The van der Waals surface area contributed by atoms with E-state index in [-0.39, 0.29) is 11.9 Å². The molecule has 8 nitrogen and oxygen atoms in total. The number of esters is 1. The normalized spacial score (nSPS) is 21.9. The quantitative estimate of drug-likeness (QED) is 0.716. The highest BCUT2D eigenvalue weighted by Gasteiger charge is 2.42. The highest BCUT2D eigenvalue weighted by atomic mass is 16.6. The molecule has 3 N–H and O–H groups in total. The summed E-state index contributed by atoms with van der Waals surface area (Å²) in [6, 6.07) is 0. The Hall–Kier alpha value is -2.51. The maximum Gasteiger partial charge on any atom is 0.410 e. The Balaban J connectivity index is 2.00. The lowest BCUT2D eigenvalue weighted by atomic mass is 9.85. The molecule has 150 valence electrons. The molecule has 1 atom stereocenters. The molecule has 0 aromatic heterocycles. The van der Waals surface area contributed by atoms with Crippen LogP contribution in [-0.2, 0) is 19.1 Å². The van der Waals surface area contributed by atoms with E-state index in [0.717, 1.165) is 5.70 Å². The molecule has 0 saturated carbocycles. The second-order valence-electron chi connectivity index (χ2n) is 7.92. The predicted octanol–water partition coefficient (Wildman–Crippen LogP) is 1.46. The summed E-state index contributed by atoms with van der Waals surface area (Å²) in [6.07, 6.45) is 6.23. The third kappa shape index (κ3) is 5.24. The molecular formula is C19H29N3O5. The number of piperidine rings is 1. The van der Waals surface area contributed by atoms with Gasteiger partial charge in [0.25, 0.3) is 0 Å². The fourth-order valence-corrected chi connectivity index (χ4v) is 3.15. The molecule has 1 heterocycles. The van der Waals surface area contributed by atoms with Crippen LogP contribution in [0.2, 0.25) is 0 Å². The van der Waals surface area contributed by atoms with E-state index in [2.05, 4.69) is 5.32 Å². The molecule has 2 rings (SSSR count). The summed E-state index contributed by atoms with van der Waals surface area (Å²) < 4.78 is 10.1. The van der Waals surface area contributed by atoms with Crippen LogP contribution in [0.1, 0.15) is 40.0 Å². The van der Waals surface area contributed by atoms with Gasteiger partial charge in [0.15, 0.2) is 0 Å². The average molecular weight is 379 g/mol. The van der Waals surface area contributed by atoms with E-state index < -0.39 is 23.1 Å². The minimum Gasteiger partial charge on any atom is -0.469 e. The Labute approximate surface area is 159 Å². The van der Waals surface area contributed by atoms with Gasteiger partial charge in [-0.05, 0) is 46.1 Å². The summed E-state index contributed by atoms with van der Waals surface area (Å²) in [5.74, 6) is -1.08. The molecular weight excluding hydrogens is 350 g/mol. The van der Waals surface area contributed by atoms with Gasteiger partial charge in [0.2, 0.25) is 5.91 Å². The van der Waals surface area contributed by atoms with Crippen LogP contribution >= 0.6 is 0 Å². The zero-order valence-electron chi connectivity index (χ0n) is 16.4. The van der Waals surface area contributed by atoms with Crippen molar-refractivity contribution in [3.8, 4) is 0 Å². The van der Waals surface area contributed by atoms with Gasteiger partial charge in [-0.3, -0.25) is 9.59 Å². The summed E-state index contributed by atoms with van der Waals surface area (Å²) in [6.45, 7) is 6.17. The summed E-state index contributed by atoms with van der Waals surface area (Å²) >= 11 is 0. The largest absolute Gasteiger partial charge is 0.469 e. The number of amides is 2. The third-order valence-corrected chi connectivity index (χ3v) is 4.73. The molecule has 1 fully saturated rings. The highest BCUT2D eigenvalue weighted by molar-refractivity contribution is 5.85. The van der Waals surface area contributed by atoms with Gasteiger partial charge in [-0.2, -0.15) is 0 Å². The molecule has 0 aromatic rings. The molecule has 27 heavy (non-hydrogen) atoms. The Morgan fingerprint density at radius 2 is 1.89 bits per heavy atom. The predicted molar refractivity (Wildman–Crippen MR) is 99.4 cm³/mol. The van der Waals surface area contributed by atoms with Gasteiger partial charge in [-0.1, -0.05) is 12.2 Å². The Kier molecular flexibility index (Phi) is 6.18. The first kappa shape index (κ1) is 20.8. The van der Waals surface area contributed by atoms with E-state index in [1.807, 2.05) is 26.8 Å². The Bertz CT molecular complexity index is 655. The number of ether oxygens (including phenoxy) is 2. The van der Waals surface area contributed by atoms with Gasteiger partial charge < -0.3 is 25.4 Å². The highest BCUT2D eigenvalue weighted by Crippen LogP contribution is 2.27. The molecule has 0 radical (unpaired) electrons. The number of allylic oxidation sites excluding steroid dienone is 2. The number of carbonyl (C=O) groups excluding carboxylic acids is 3. The van der Waals surface area contributed by atoms with Crippen molar-refractivity contribution in [3.05, 3.63) is 23.9 Å². The molecule has 1 saturated heterocycles. The molecule has 1 aliphatic carbocycles. The third-order valence-electron chi connectivity index (χ3n) is 4.73. The minimum atomic E-state index is -0.938. The Morgan fingerprint density at radius 1 is 1.26 bits per heavy atom. The van der Waals surface area contributed by atoms with Gasteiger partial charge in [0.1, 0.15) is 11.1 Å². The molecule has 8 heteroatoms. The van der Waals surface area contributed by atoms with Crippen LogP contribution < -0.4 is 11.1 Å². The monoisotopic (exact) mass is 379 g/mol. The number of carbonyl (C=O) groups is 3. The molecule has 1 aliphatic heterocycles. The number of hydrogen-bond donors (Lipinski definition) is 2. The van der Waals surface area contributed by atoms with E-state index in [1.54, 1.807) is 17.1 Å². The number of primary amides is 1. The van der Waals surface area contributed by atoms with E-state index in [4.69, 9.17) is 15.2 Å². The van der Waals surface area contributed by atoms with Crippen molar-refractivity contribution in [1.29, 1.82) is 0 Å². The number of rotatable bonds is 4. The summed E-state index contributed by atoms with van der Waals surface area (Å²) in [5, 5.41) is 3.22. The zero-order valence-corrected chi connectivity index (χ0v) is 16.4. The number of nitrogens with two attached hydrogens (primary N) is 1. The van der Waals surface area contributed by atoms with Crippen molar-refractivity contribution in [2.75, 3.05) is 20.2 Å². The molecule has 0 aromatic carbocycles. The van der Waals surface area contributed by atoms with Crippen molar-refractivity contribution in [3.63, 3.8) is 0 Å². The molecule has 0 bridgehead atoms. The molecule has 2 aliphatic rings. The smallest absolute Gasteiger partial charge is 0.410 e. The SMILES string of the molecule is COC(=O)C1C=CC(NC2(C(N)=O)CCN(C(=O)OC(C)(C)C)CC2)=CC1. The minimum absolute atomic E-state index is 0.295. The number of hydrogen-bond acceptors (Lipinski definition) is 6. The van der Waals surface area contributed by atoms with E-state index in [9.17, 15) is 14.4 Å². The van der Waals surface area contributed by atoms with Crippen LogP contribution in [0.5, 0.6) is 0 Å². The standard InChI is InChI=1S/C19H29N3O5/c1-18(2,3)27-17(25)22-11-9-19(10-12-22,16(20)24)21-14-7-5-13(6-8-14)15(23)26-4/h5,7-8,13,21H,6,9-12H2,1-4H3,(H2,20,24). The van der Waals surface area contributed by atoms with Crippen molar-refractivity contribution >= 4 is 18.0 Å². The van der Waals surface area contributed by atoms with Crippen molar-refractivity contribution in [1.82, 2.24) is 10.2 Å². The van der Waals surface area contributed by atoms with E-state index in [0.29, 0.717) is 32.4 Å². The maximum atomic E-state index is 12.2. The number of nitrogens with zero attached hydrogens (tertiary/aromatic N) is 1. The fraction of sp³-hybridized carbons (Fsp3) is 0.632. The topological polar surface area (TPSA) is 111 Å². The summed E-state index contributed by atoms with van der Waals surface area (Å²) in [7, 11) is 1.36. The lowest BCUT2D eigenvalue weighted by Gasteiger charge is -2.41. The van der Waals surface area contributed by atoms with Gasteiger partial charge in [-0.25, -0.2) is 4.79 Å². The van der Waals surface area contributed by atoms with Gasteiger partial charge in [0.05, 0.1) is 13.0 Å². The number of likely N-dealkylation sites (tertiary alicyclic amines) is 1. The first-order valence-electron chi connectivity index (χ1n) is 9.08. The average Bonchev–Trinajstić information content (AvgIpc) is 2.60. The van der Waals surface area contributed by atoms with Crippen molar-refractivity contribution < 1.29 is 23.9 Å². The van der Waals surface area contributed by atoms with E-state index >= 15 is 0 Å². The van der Waals surface area contributed by atoms with Crippen LogP contribution in [0.25, 0.3) is 0 Å². The van der Waals surface area contributed by atoms with Crippen LogP contribution in [-0.4, -0.2) is 54.2 Å². The summed E-state index contributed by atoms with van der Waals surface area (Å²) in [5.41, 5.74) is 4.91. The first-order valence-corrected chi connectivity index (χ1v) is 9.08. The van der Waals surface area contributed by atoms with Crippen LogP contribution in [0.3, 0.4) is 0 Å². The lowest BCUT2D eigenvalue weighted by molar-refractivity contribution is -0.143. The molecule has 1 unspecified atom stereocenters. The van der Waals surface area contributed by atoms with Gasteiger partial charge in [0, 0.05) is 18.8 Å². The van der Waals surface area contributed by atoms with Crippen molar-refractivity contribution in [2.45, 2.75) is 51.2 Å². The zero-order chi connectivity index (χ0) is 20.2. The lowest BCUT2D eigenvalue weighted by Crippen LogP contribution is -2.61. The number of nitrogens with one attached hydrogen (secondary N) is 1. The van der Waals surface area contributed by atoms with Gasteiger partial charge in [-0.15, -0.1) is 0 Å². The van der Waals surface area contributed by atoms with Gasteiger partial charge >= 0.3 is 12.1 Å². The van der Waals surface area contributed by atoms with E-state index in [1.165, 1.54) is 7.11 Å². The maximum absolute atomic E-state index is 12.2.